The van der Waals surface area contributed by atoms with E-state index in [0.717, 1.165) is 0 Å². The van der Waals surface area contributed by atoms with Crippen molar-refractivity contribution in [2.75, 3.05) is 19.7 Å². The van der Waals surface area contributed by atoms with E-state index in [0.29, 0.717) is 34.6 Å². The Labute approximate surface area is 125 Å². The molecular formula is C14H15N3O5. The van der Waals surface area contributed by atoms with Gasteiger partial charge in [0.25, 0.3) is 11.6 Å². The standard InChI is InChI=1S/C14H15N3O5/c1-7-5-9(11-8(2)16-22-12(11)15-7)13(18)17-3-4-21-10(6-17)14(19)20/h5,10H,3-4,6H2,1-2H3,(H,19,20). The zero-order chi connectivity index (χ0) is 15.9. The summed E-state index contributed by atoms with van der Waals surface area (Å²) in [4.78, 5) is 29.5. The molecule has 1 amide bonds. The maximum absolute atomic E-state index is 12.8. The van der Waals surface area contributed by atoms with Gasteiger partial charge in [0.1, 0.15) is 0 Å². The van der Waals surface area contributed by atoms with Crippen molar-refractivity contribution >= 4 is 23.0 Å². The highest BCUT2D eigenvalue weighted by Gasteiger charge is 2.31. The van der Waals surface area contributed by atoms with Crippen LogP contribution in [0.3, 0.4) is 0 Å². The maximum Gasteiger partial charge on any atom is 0.334 e. The monoisotopic (exact) mass is 305 g/mol. The van der Waals surface area contributed by atoms with Gasteiger partial charge in [-0.2, -0.15) is 0 Å². The van der Waals surface area contributed by atoms with Crippen molar-refractivity contribution in [3.05, 3.63) is 23.0 Å². The van der Waals surface area contributed by atoms with Gasteiger partial charge in [-0.1, -0.05) is 5.16 Å². The molecule has 1 aliphatic heterocycles. The van der Waals surface area contributed by atoms with E-state index in [1.54, 1.807) is 19.9 Å². The van der Waals surface area contributed by atoms with Gasteiger partial charge in [-0.25, -0.2) is 9.78 Å². The first-order valence-corrected chi connectivity index (χ1v) is 6.84. The van der Waals surface area contributed by atoms with Crippen LogP contribution >= 0.6 is 0 Å². The van der Waals surface area contributed by atoms with Gasteiger partial charge in [-0.15, -0.1) is 0 Å². The predicted octanol–water partition coefficient (Wildman–Crippen LogP) is 0.765. The molecule has 116 valence electrons. The summed E-state index contributed by atoms with van der Waals surface area (Å²) in [5.74, 6) is -1.34. The van der Waals surface area contributed by atoms with Crippen molar-refractivity contribution in [1.29, 1.82) is 0 Å². The van der Waals surface area contributed by atoms with Crippen LogP contribution in [0.1, 0.15) is 21.7 Å². The molecule has 8 heteroatoms. The minimum Gasteiger partial charge on any atom is -0.479 e. The smallest absolute Gasteiger partial charge is 0.334 e. The predicted molar refractivity (Wildman–Crippen MR) is 74.6 cm³/mol. The first-order valence-electron chi connectivity index (χ1n) is 6.84. The molecule has 2 aromatic rings. The van der Waals surface area contributed by atoms with Crippen LogP contribution in [0.4, 0.5) is 0 Å². The highest BCUT2D eigenvalue weighted by atomic mass is 16.5. The molecule has 1 atom stereocenters. The second kappa shape index (κ2) is 5.38. The number of carboxylic acid groups (broad SMARTS) is 1. The van der Waals surface area contributed by atoms with Crippen molar-refractivity contribution in [3.63, 3.8) is 0 Å². The molecule has 8 nitrogen and oxygen atoms in total. The van der Waals surface area contributed by atoms with E-state index < -0.39 is 12.1 Å². The summed E-state index contributed by atoms with van der Waals surface area (Å²) in [6.07, 6.45) is -1.00. The molecule has 1 saturated heterocycles. The van der Waals surface area contributed by atoms with Crippen molar-refractivity contribution < 1.29 is 24.0 Å². The molecule has 0 aromatic carbocycles. The molecule has 22 heavy (non-hydrogen) atoms. The van der Waals surface area contributed by atoms with E-state index in [1.807, 2.05) is 0 Å². The summed E-state index contributed by atoms with van der Waals surface area (Å²) in [5.41, 5.74) is 1.94. The lowest BCUT2D eigenvalue weighted by atomic mass is 10.1. The summed E-state index contributed by atoms with van der Waals surface area (Å²) in [6, 6.07) is 1.67. The number of fused-ring (bicyclic) bond motifs is 1. The second-order valence-electron chi connectivity index (χ2n) is 5.21. The van der Waals surface area contributed by atoms with E-state index in [9.17, 15) is 9.59 Å². The Morgan fingerprint density at radius 3 is 2.91 bits per heavy atom. The average Bonchev–Trinajstić information content (AvgIpc) is 2.87. The summed E-state index contributed by atoms with van der Waals surface area (Å²) in [5, 5.41) is 13.4. The molecule has 1 fully saturated rings. The average molecular weight is 305 g/mol. The molecule has 1 aliphatic rings. The molecule has 0 radical (unpaired) electrons. The lowest BCUT2D eigenvalue weighted by molar-refractivity contribution is -0.154. The molecule has 2 aromatic heterocycles. The Balaban J connectivity index is 1.98. The van der Waals surface area contributed by atoms with Gasteiger partial charge in [0.15, 0.2) is 6.10 Å². The number of hydrogen-bond acceptors (Lipinski definition) is 6. The van der Waals surface area contributed by atoms with Gasteiger partial charge in [0, 0.05) is 12.2 Å². The zero-order valence-corrected chi connectivity index (χ0v) is 12.2. The number of aromatic nitrogens is 2. The number of carboxylic acids is 1. The van der Waals surface area contributed by atoms with E-state index in [4.69, 9.17) is 14.4 Å². The number of aliphatic carboxylic acids is 1. The van der Waals surface area contributed by atoms with Crippen molar-refractivity contribution in [2.45, 2.75) is 20.0 Å². The Bertz CT molecular complexity index is 754. The number of hydrogen-bond donors (Lipinski definition) is 1. The van der Waals surface area contributed by atoms with Crippen LogP contribution in [-0.2, 0) is 9.53 Å². The van der Waals surface area contributed by atoms with Crippen LogP contribution < -0.4 is 0 Å². The number of rotatable bonds is 2. The van der Waals surface area contributed by atoms with Gasteiger partial charge in [0.2, 0.25) is 0 Å². The first-order chi connectivity index (χ1) is 10.5. The fourth-order valence-corrected chi connectivity index (χ4v) is 2.54. The summed E-state index contributed by atoms with van der Waals surface area (Å²) in [6.45, 7) is 4.04. The van der Waals surface area contributed by atoms with E-state index >= 15 is 0 Å². The molecule has 3 heterocycles. The third-order valence-electron chi connectivity index (χ3n) is 3.60. The van der Waals surface area contributed by atoms with E-state index in [-0.39, 0.29) is 19.1 Å². The normalized spacial score (nSPS) is 18.6. The number of amides is 1. The summed E-state index contributed by atoms with van der Waals surface area (Å²) >= 11 is 0. The van der Waals surface area contributed by atoms with Crippen LogP contribution in [0.5, 0.6) is 0 Å². The van der Waals surface area contributed by atoms with E-state index in [2.05, 4.69) is 10.1 Å². The van der Waals surface area contributed by atoms with Crippen molar-refractivity contribution in [3.8, 4) is 0 Å². The number of morpholine rings is 1. The molecule has 0 saturated carbocycles. The Morgan fingerprint density at radius 1 is 1.41 bits per heavy atom. The third kappa shape index (κ3) is 2.41. The van der Waals surface area contributed by atoms with Gasteiger partial charge in [0.05, 0.1) is 29.8 Å². The number of ether oxygens (including phenoxy) is 1. The van der Waals surface area contributed by atoms with Gasteiger partial charge >= 0.3 is 5.97 Å². The van der Waals surface area contributed by atoms with Crippen molar-refractivity contribution in [1.82, 2.24) is 15.0 Å². The van der Waals surface area contributed by atoms with Crippen LogP contribution in [0, 0.1) is 13.8 Å². The zero-order valence-electron chi connectivity index (χ0n) is 12.2. The molecular weight excluding hydrogens is 290 g/mol. The Hall–Kier alpha value is -2.48. The molecule has 1 unspecified atom stereocenters. The molecule has 3 rings (SSSR count). The largest absolute Gasteiger partial charge is 0.479 e. The van der Waals surface area contributed by atoms with Crippen molar-refractivity contribution in [2.24, 2.45) is 0 Å². The lowest BCUT2D eigenvalue weighted by Crippen LogP contribution is -2.48. The van der Waals surface area contributed by atoms with Gasteiger partial charge < -0.3 is 19.3 Å². The maximum atomic E-state index is 12.8. The lowest BCUT2D eigenvalue weighted by Gasteiger charge is -2.31. The van der Waals surface area contributed by atoms with E-state index in [1.165, 1.54) is 4.90 Å². The number of carbonyl (C=O) groups excluding carboxylic acids is 1. The molecule has 1 N–H and O–H groups in total. The minimum atomic E-state index is -1.07. The van der Waals surface area contributed by atoms with Crippen LogP contribution in [0.2, 0.25) is 0 Å². The molecule has 0 bridgehead atoms. The van der Waals surface area contributed by atoms with Crippen LogP contribution in [-0.4, -0.2) is 57.8 Å². The first kappa shape index (κ1) is 14.5. The highest BCUT2D eigenvalue weighted by molar-refractivity contribution is 6.06. The molecule has 0 aliphatic carbocycles. The van der Waals surface area contributed by atoms with Gasteiger partial charge in [-0.3, -0.25) is 4.79 Å². The minimum absolute atomic E-state index is 0.0152. The quantitative estimate of drug-likeness (QED) is 0.873. The number of pyridine rings is 1. The fraction of sp³-hybridized carbons (Fsp3) is 0.429. The number of nitrogens with zero attached hydrogens (tertiary/aromatic N) is 3. The summed E-state index contributed by atoms with van der Waals surface area (Å²) in [7, 11) is 0. The summed E-state index contributed by atoms with van der Waals surface area (Å²) < 4.78 is 10.3. The molecule has 0 spiro atoms. The number of carbonyl (C=O) groups is 2. The Morgan fingerprint density at radius 2 is 2.18 bits per heavy atom. The van der Waals surface area contributed by atoms with Crippen LogP contribution in [0.15, 0.2) is 10.6 Å². The Kier molecular flexibility index (Phi) is 3.53. The number of aryl methyl sites for hydroxylation is 2. The fourth-order valence-electron chi connectivity index (χ4n) is 2.54. The second-order valence-corrected chi connectivity index (χ2v) is 5.21. The van der Waals surface area contributed by atoms with Gasteiger partial charge in [-0.05, 0) is 19.9 Å². The topological polar surface area (TPSA) is 106 Å². The SMILES string of the molecule is Cc1cc(C(=O)N2CCOC(C(=O)O)C2)c2c(C)noc2n1. The highest BCUT2D eigenvalue weighted by Crippen LogP contribution is 2.24. The third-order valence-corrected chi connectivity index (χ3v) is 3.60. The van der Waals surface area contributed by atoms with Crippen LogP contribution in [0.25, 0.3) is 11.1 Å².